The van der Waals surface area contributed by atoms with Crippen LogP contribution in [0.25, 0.3) is 0 Å². The molecule has 0 fully saturated rings. The number of benzene rings is 2. The molecular formula is C21H17N3OS. The number of nitriles is 2. The van der Waals surface area contributed by atoms with Crippen molar-refractivity contribution in [3.8, 4) is 12.1 Å². The third kappa shape index (κ3) is 3.49. The Morgan fingerprint density at radius 2 is 1.77 bits per heavy atom. The molecule has 1 heterocycles. The van der Waals surface area contributed by atoms with Crippen LogP contribution in [0.4, 0.5) is 0 Å². The van der Waals surface area contributed by atoms with Gasteiger partial charge < -0.3 is 5.32 Å². The molecule has 0 aliphatic carbocycles. The van der Waals surface area contributed by atoms with Crippen molar-refractivity contribution in [1.82, 2.24) is 5.32 Å². The number of nitrogens with zero attached hydrogens (tertiary/aromatic N) is 2. The van der Waals surface area contributed by atoms with Gasteiger partial charge in [-0.2, -0.15) is 10.5 Å². The molecule has 5 heteroatoms. The van der Waals surface area contributed by atoms with Crippen LogP contribution in [0.1, 0.15) is 22.6 Å². The molecule has 2 aromatic carbocycles. The highest BCUT2D eigenvalue weighted by molar-refractivity contribution is 8.02. The van der Waals surface area contributed by atoms with Crippen LogP contribution < -0.4 is 5.32 Å². The largest absolute Gasteiger partial charge is 0.319 e. The van der Waals surface area contributed by atoms with Crippen LogP contribution in [0.2, 0.25) is 0 Å². The summed E-state index contributed by atoms with van der Waals surface area (Å²) >= 11 is 1.42. The summed E-state index contributed by atoms with van der Waals surface area (Å²) in [5.74, 6) is -1.17. The third-order valence-corrected chi connectivity index (χ3v) is 5.51. The Balaban J connectivity index is 2.01. The minimum Gasteiger partial charge on any atom is -0.319 e. The van der Waals surface area contributed by atoms with Gasteiger partial charge in [0.1, 0.15) is 5.92 Å². The monoisotopic (exact) mass is 359 g/mol. The van der Waals surface area contributed by atoms with E-state index in [1.165, 1.54) is 11.8 Å². The fraction of sp³-hybridized carbons (Fsp3) is 0.190. The SMILES string of the molecule is Cc1ccccc1[C@@H]1C(C#N)=C(SCc2ccccc2)NC(=O)[C@@H]1C#N. The Morgan fingerprint density at radius 1 is 1.08 bits per heavy atom. The van der Waals surface area contributed by atoms with E-state index in [0.29, 0.717) is 16.4 Å². The maximum Gasteiger partial charge on any atom is 0.243 e. The smallest absolute Gasteiger partial charge is 0.243 e. The number of carbonyl (C=O) groups excluding carboxylic acids is 1. The first kappa shape index (κ1) is 17.8. The Morgan fingerprint density at radius 3 is 2.42 bits per heavy atom. The quantitative estimate of drug-likeness (QED) is 0.894. The van der Waals surface area contributed by atoms with Crippen molar-refractivity contribution in [3.05, 3.63) is 81.9 Å². The molecule has 0 saturated carbocycles. The molecule has 0 spiro atoms. The van der Waals surface area contributed by atoms with E-state index in [2.05, 4.69) is 17.5 Å². The van der Waals surface area contributed by atoms with Crippen LogP contribution in [0.5, 0.6) is 0 Å². The number of hydrogen-bond acceptors (Lipinski definition) is 4. The third-order valence-electron chi connectivity index (χ3n) is 4.42. The Kier molecular flexibility index (Phi) is 5.41. The highest BCUT2D eigenvalue weighted by Crippen LogP contribution is 2.40. The van der Waals surface area contributed by atoms with E-state index in [1.54, 1.807) is 0 Å². The van der Waals surface area contributed by atoms with Gasteiger partial charge in [-0.15, -0.1) is 11.8 Å². The van der Waals surface area contributed by atoms with Crippen molar-refractivity contribution in [2.24, 2.45) is 5.92 Å². The van der Waals surface area contributed by atoms with Gasteiger partial charge in [-0.05, 0) is 23.6 Å². The number of thioether (sulfide) groups is 1. The normalized spacial score (nSPS) is 19.4. The summed E-state index contributed by atoms with van der Waals surface area (Å²) in [7, 11) is 0. The molecule has 1 aliphatic heterocycles. The lowest BCUT2D eigenvalue weighted by Gasteiger charge is -2.29. The van der Waals surface area contributed by atoms with Crippen molar-refractivity contribution in [1.29, 1.82) is 10.5 Å². The molecule has 0 saturated heterocycles. The summed E-state index contributed by atoms with van der Waals surface area (Å²) in [5, 5.41) is 22.7. The average Bonchev–Trinajstić information content (AvgIpc) is 2.67. The molecule has 3 rings (SSSR count). The van der Waals surface area contributed by atoms with Gasteiger partial charge in [-0.25, -0.2) is 0 Å². The van der Waals surface area contributed by atoms with Gasteiger partial charge in [0.05, 0.1) is 22.7 Å². The van der Waals surface area contributed by atoms with E-state index in [4.69, 9.17) is 0 Å². The predicted molar refractivity (Wildman–Crippen MR) is 102 cm³/mol. The molecule has 0 aromatic heterocycles. The highest BCUT2D eigenvalue weighted by atomic mass is 32.2. The maximum absolute atomic E-state index is 12.5. The Hall–Kier alpha value is -3.02. The molecule has 2 atom stereocenters. The molecular weight excluding hydrogens is 342 g/mol. The molecule has 4 nitrogen and oxygen atoms in total. The van der Waals surface area contributed by atoms with E-state index in [9.17, 15) is 15.3 Å². The summed E-state index contributed by atoms with van der Waals surface area (Å²) in [6.07, 6.45) is 0. The summed E-state index contributed by atoms with van der Waals surface area (Å²) in [5.41, 5.74) is 3.37. The van der Waals surface area contributed by atoms with Crippen LogP contribution in [0.3, 0.4) is 0 Å². The molecule has 2 aromatic rings. The molecule has 26 heavy (non-hydrogen) atoms. The second-order valence-electron chi connectivity index (χ2n) is 6.06. The fourth-order valence-electron chi connectivity index (χ4n) is 3.08. The summed E-state index contributed by atoms with van der Waals surface area (Å²) in [6.45, 7) is 1.93. The van der Waals surface area contributed by atoms with Crippen molar-refractivity contribution in [2.45, 2.75) is 18.6 Å². The summed E-state index contributed by atoms with van der Waals surface area (Å²) < 4.78 is 0. The first-order chi connectivity index (χ1) is 12.7. The van der Waals surface area contributed by atoms with Gasteiger partial charge in [0.25, 0.3) is 0 Å². The van der Waals surface area contributed by atoms with Gasteiger partial charge in [-0.3, -0.25) is 4.79 Å². The number of hydrogen-bond donors (Lipinski definition) is 1. The van der Waals surface area contributed by atoms with Gasteiger partial charge in [0.2, 0.25) is 5.91 Å². The fourth-order valence-corrected chi connectivity index (χ4v) is 4.09. The van der Waals surface area contributed by atoms with Crippen molar-refractivity contribution >= 4 is 17.7 Å². The van der Waals surface area contributed by atoms with Crippen LogP contribution >= 0.6 is 11.8 Å². The van der Waals surface area contributed by atoms with E-state index in [0.717, 1.165) is 16.7 Å². The lowest BCUT2D eigenvalue weighted by atomic mass is 9.78. The molecule has 0 unspecified atom stereocenters. The summed E-state index contributed by atoms with van der Waals surface area (Å²) in [4.78, 5) is 12.5. The van der Waals surface area contributed by atoms with E-state index >= 15 is 0 Å². The molecule has 1 amide bonds. The van der Waals surface area contributed by atoms with Crippen molar-refractivity contribution in [3.63, 3.8) is 0 Å². The van der Waals surface area contributed by atoms with Gasteiger partial charge >= 0.3 is 0 Å². The highest BCUT2D eigenvalue weighted by Gasteiger charge is 2.39. The van der Waals surface area contributed by atoms with Crippen LogP contribution in [-0.4, -0.2) is 5.91 Å². The zero-order valence-corrected chi connectivity index (χ0v) is 15.1. The first-order valence-electron chi connectivity index (χ1n) is 8.22. The lowest BCUT2D eigenvalue weighted by molar-refractivity contribution is -0.123. The number of rotatable bonds is 4. The van der Waals surface area contributed by atoms with Gasteiger partial charge in [0.15, 0.2) is 0 Å². The maximum atomic E-state index is 12.5. The average molecular weight is 359 g/mol. The van der Waals surface area contributed by atoms with Crippen molar-refractivity contribution < 1.29 is 4.79 Å². The number of nitrogens with one attached hydrogen (secondary N) is 1. The van der Waals surface area contributed by atoms with E-state index in [1.807, 2.05) is 61.5 Å². The second-order valence-corrected chi connectivity index (χ2v) is 7.04. The van der Waals surface area contributed by atoms with Gasteiger partial charge in [0, 0.05) is 11.7 Å². The molecule has 0 bridgehead atoms. The van der Waals surface area contributed by atoms with Crippen LogP contribution in [-0.2, 0) is 10.5 Å². The lowest BCUT2D eigenvalue weighted by Crippen LogP contribution is -2.39. The minimum absolute atomic E-state index is 0.352. The van der Waals surface area contributed by atoms with Crippen LogP contribution in [0, 0.1) is 35.5 Å². The first-order valence-corrected chi connectivity index (χ1v) is 9.21. The Bertz CT molecular complexity index is 938. The molecule has 1 N–H and O–H groups in total. The Labute approximate surface area is 157 Å². The van der Waals surface area contributed by atoms with E-state index in [-0.39, 0.29) is 5.91 Å². The van der Waals surface area contributed by atoms with Gasteiger partial charge in [-0.1, -0.05) is 54.6 Å². The second kappa shape index (κ2) is 7.91. The summed E-state index contributed by atoms with van der Waals surface area (Å²) in [6, 6.07) is 21.8. The van der Waals surface area contributed by atoms with Crippen LogP contribution in [0.15, 0.2) is 65.2 Å². The standard InChI is InChI=1S/C21H17N3OS/c1-14-7-5-6-10-16(14)19-17(11-22)20(25)24-21(18(19)12-23)26-13-15-8-3-2-4-9-15/h2-10,17,19H,13H2,1H3,(H,24,25)/t17-,19+/m1/s1. The zero-order valence-electron chi connectivity index (χ0n) is 14.3. The number of aryl methyl sites for hydroxylation is 1. The molecule has 1 aliphatic rings. The number of carbonyl (C=O) groups is 1. The molecule has 0 radical (unpaired) electrons. The van der Waals surface area contributed by atoms with Crippen molar-refractivity contribution in [2.75, 3.05) is 0 Å². The molecule has 128 valence electrons. The predicted octanol–water partition coefficient (Wildman–Crippen LogP) is 4.02. The number of allylic oxidation sites excluding steroid dienone is 1. The number of amides is 1. The minimum atomic E-state index is -0.910. The topological polar surface area (TPSA) is 76.7 Å². The van der Waals surface area contributed by atoms with E-state index < -0.39 is 11.8 Å². The zero-order chi connectivity index (χ0) is 18.5.